The summed E-state index contributed by atoms with van der Waals surface area (Å²) in [5.74, 6) is -0.884. The monoisotopic (exact) mass is 270 g/mol. The number of nitrogens with zero attached hydrogens (tertiary/aromatic N) is 1. The van der Waals surface area contributed by atoms with Gasteiger partial charge in [-0.1, -0.05) is 0 Å². The molecule has 0 saturated carbocycles. The largest absolute Gasteiger partial charge is 0.481 e. The van der Waals surface area contributed by atoms with E-state index in [0.717, 1.165) is 25.9 Å². The Morgan fingerprint density at radius 2 is 2.21 bits per heavy atom. The number of carboxylic acids is 1. The van der Waals surface area contributed by atoms with Gasteiger partial charge < -0.3 is 20.1 Å². The predicted octanol–water partition coefficient (Wildman–Crippen LogP) is -0.0659. The maximum absolute atomic E-state index is 12.1. The van der Waals surface area contributed by atoms with E-state index in [4.69, 9.17) is 9.84 Å². The van der Waals surface area contributed by atoms with Gasteiger partial charge in [0.2, 0.25) is 5.91 Å². The van der Waals surface area contributed by atoms with Gasteiger partial charge in [0, 0.05) is 13.5 Å². The molecular formula is C13H22N2O4. The molecule has 3 atom stereocenters. The van der Waals surface area contributed by atoms with Crippen LogP contribution in [0.1, 0.15) is 19.3 Å². The van der Waals surface area contributed by atoms with Crippen LogP contribution in [0, 0.1) is 11.8 Å². The highest BCUT2D eigenvalue weighted by molar-refractivity contribution is 5.78. The van der Waals surface area contributed by atoms with Crippen molar-refractivity contribution in [2.75, 3.05) is 33.4 Å². The van der Waals surface area contributed by atoms with Crippen molar-refractivity contribution in [3.05, 3.63) is 0 Å². The van der Waals surface area contributed by atoms with Crippen molar-refractivity contribution >= 4 is 11.9 Å². The summed E-state index contributed by atoms with van der Waals surface area (Å²) < 4.78 is 5.20. The number of carbonyl (C=O) groups excluding carboxylic acids is 1. The number of aliphatic carboxylic acids is 1. The van der Waals surface area contributed by atoms with Crippen molar-refractivity contribution < 1.29 is 19.4 Å². The van der Waals surface area contributed by atoms with Gasteiger partial charge in [-0.05, 0) is 31.8 Å². The maximum Gasteiger partial charge on any atom is 0.311 e. The summed E-state index contributed by atoms with van der Waals surface area (Å²) in [7, 11) is 1.69. The number of nitrogens with one attached hydrogen (secondary N) is 1. The molecule has 6 heteroatoms. The molecule has 3 unspecified atom stereocenters. The molecule has 2 aliphatic heterocycles. The van der Waals surface area contributed by atoms with Crippen LogP contribution >= 0.6 is 0 Å². The summed E-state index contributed by atoms with van der Waals surface area (Å²) >= 11 is 0. The van der Waals surface area contributed by atoms with Crippen LogP contribution in [-0.2, 0) is 14.3 Å². The number of carboxylic acid groups (broad SMARTS) is 1. The third-order valence-corrected chi connectivity index (χ3v) is 4.19. The third kappa shape index (κ3) is 3.45. The number of hydrogen-bond acceptors (Lipinski definition) is 4. The van der Waals surface area contributed by atoms with Crippen molar-refractivity contribution in [1.82, 2.24) is 10.2 Å². The molecule has 0 bridgehead atoms. The Balaban J connectivity index is 1.82. The van der Waals surface area contributed by atoms with E-state index in [-0.39, 0.29) is 18.6 Å². The van der Waals surface area contributed by atoms with Crippen LogP contribution in [0.25, 0.3) is 0 Å². The highest BCUT2D eigenvalue weighted by Crippen LogP contribution is 2.21. The lowest BCUT2D eigenvalue weighted by Crippen LogP contribution is -2.44. The summed E-state index contributed by atoms with van der Waals surface area (Å²) in [4.78, 5) is 24.8. The summed E-state index contributed by atoms with van der Waals surface area (Å²) in [5, 5.41) is 12.4. The fourth-order valence-electron chi connectivity index (χ4n) is 2.81. The van der Waals surface area contributed by atoms with Crippen LogP contribution in [-0.4, -0.2) is 61.3 Å². The van der Waals surface area contributed by atoms with E-state index in [0.29, 0.717) is 18.9 Å². The second-order valence-corrected chi connectivity index (χ2v) is 5.45. The number of hydrogen-bond donors (Lipinski definition) is 2. The average Bonchev–Trinajstić information content (AvgIpc) is 3.05. The quantitative estimate of drug-likeness (QED) is 0.731. The van der Waals surface area contributed by atoms with E-state index in [2.05, 4.69) is 5.32 Å². The first-order valence-electron chi connectivity index (χ1n) is 6.86. The number of rotatable bonds is 5. The zero-order chi connectivity index (χ0) is 13.8. The smallest absolute Gasteiger partial charge is 0.311 e. The maximum atomic E-state index is 12.1. The van der Waals surface area contributed by atoms with Gasteiger partial charge in [-0.2, -0.15) is 0 Å². The van der Waals surface area contributed by atoms with Gasteiger partial charge in [0.25, 0.3) is 0 Å². The highest BCUT2D eigenvalue weighted by atomic mass is 16.5. The second kappa shape index (κ2) is 6.34. The minimum Gasteiger partial charge on any atom is -0.481 e. The topological polar surface area (TPSA) is 78.9 Å². The lowest BCUT2D eigenvalue weighted by atomic mass is 10.00. The molecule has 2 fully saturated rings. The highest BCUT2D eigenvalue weighted by Gasteiger charge is 2.38. The summed E-state index contributed by atoms with van der Waals surface area (Å²) in [6.07, 6.45) is 2.49. The van der Waals surface area contributed by atoms with Crippen LogP contribution in [0.4, 0.5) is 0 Å². The van der Waals surface area contributed by atoms with E-state index in [9.17, 15) is 9.59 Å². The van der Waals surface area contributed by atoms with Crippen LogP contribution in [0.15, 0.2) is 0 Å². The fourth-order valence-corrected chi connectivity index (χ4v) is 2.81. The van der Waals surface area contributed by atoms with Gasteiger partial charge in [0.05, 0.1) is 19.3 Å². The second-order valence-electron chi connectivity index (χ2n) is 5.45. The zero-order valence-corrected chi connectivity index (χ0v) is 11.3. The Labute approximate surface area is 113 Å². The molecular weight excluding hydrogens is 248 g/mol. The molecule has 2 heterocycles. The molecule has 0 spiro atoms. The lowest BCUT2D eigenvalue weighted by molar-refractivity contribution is -0.144. The van der Waals surface area contributed by atoms with Crippen molar-refractivity contribution in [3.8, 4) is 0 Å². The third-order valence-electron chi connectivity index (χ3n) is 4.19. The molecule has 108 valence electrons. The standard InChI is InChI=1S/C13H22N2O4/c1-15(11-8-19-7-10(11)13(17)18)12(16)3-2-9-4-5-14-6-9/h9-11,14H,2-8H2,1H3,(H,17,18). The van der Waals surface area contributed by atoms with Crippen LogP contribution < -0.4 is 5.32 Å². The van der Waals surface area contributed by atoms with Crippen molar-refractivity contribution in [1.29, 1.82) is 0 Å². The Morgan fingerprint density at radius 1 is 1.42 bits per heavy atom. The van der Waals surface area contributed by atoms with E-state index in [1.165, 1.54) is 0 Å². The van der Waals surface area contributed by atoms with Gasteiger partial charge >= 0.3 is 5.97 Å². The molecule has 0 aliphatic carbocycles. The van der Waals surface area contributed by atoms with Gasteiger partial charge in [0.1, 0.15) is 5.92 Å². The molecule has 1 amide bonds. The Morgan fingerprint density at radius 3 is 2.84 bits per heavy atom. The van der Waals surface area contributed by atoms with Gasteiger partial charge in [-0.3, -0.25) is 9.59 Å². The van der Waals surface area contributed by atoms with Gasteiger partial charge in [-0.25, -0.2) is 0 Å². The predicted molar refractivity (Wildman–Crippen MR) is 68.7 cm³/mol. The lowest BCUT2D eigenvalue weighted by Gasteiger charge is -2.26. The normalized spacial score (nSPS) is 30.5. The first kappa shape index (κ1) is 14.3. The molecule has 6 nitrogen and oxygen atoms in total. The van der Waals surface area contributed by atoms with E-state index >= 15 is 0 Å². The van der Waals surface area contributed by atoms with Crippen molar-refractivity contribution in [2.24, 2.45) is 11.8 Å². The minimum absolute atomic E-state index is 0.0219. The molecule has 2 rings (SSSR count). The van der Waals surface area contributed by atoms with Crippen LogP contribution in [0.5, 0.6) is 0 Å². The van der Waals surface area contributed by atoms with Crippen molar-refractivity contribution in [2.45, 2.75) is 25.3 Å². The average molecular weight is 270 g/mol. The first-order valence-corrected chi connectivity index (χ1v) is 6.86. The number of ether oxygens (including phenoxy) is 1. The zero-order valence-electron chi connectivity index (χ0n) is 11.3. The molecule has 0 radical (unpaired) electrons. The fraction of sp³-hybridized carbons (Fsp3) is 0.846. The van der Waals surface area contributed by atoms with Gasteiger partial charge in [-0.15, -0.1) is 0 Å². The van der Waals surface area contributed by atoms with Crippen LogP contribution in [0.3, 0.4) is 0 Å². The summed E-state index contributed by atoms with van der Waals surface area (Å²) in [6, 6.07) is -0.327. The van der Waals surface area contributed by atoms with E-state index in [1.54, 1.807) is 11.9 Å². The van der Waals surface area contributed by atoms with Crippen molar-refractivity contribution in [3.63, 3.8) is 0 Å². The van der Waals surface area contributed by atoms with Gasteiger partial charge in [0.15, 0.2) is 0 Å². The SMILES string of the molecule is CN(C(=O)CCC1CCNC1)C1COCC1C(=O)O. The Bertz CT molecular complexity index is 342. The Kier molecular flexibility index (Phi) is 4.76. The first-order chi connectivity index (χ1) is 9.09. The van der Waals surface area contributed by atoms with E-state index < -0.39 is 11.9 Å². The molecule has 0 aromatic heterocycles. The van der Waals surface area contributed by atoms with Crippen LogP contribution in [0.2, 0.25) is 0 Å². The molecule has 2 N–H and O–H groups in total. The number of carbonyl (C=O) groups is 2. The van der Waals surface area contributed by atoms with E-state index in [1.807, 2.05) is 0 Å². The summed E-state index contributed by atoms with van der Waals surface area (Å²) in [6.45, 7) is 2.54. The molecule has 2 aliphatic rings. The molecule has 19 heavy (non-hydrogen) atoms. The Hall–Kier alpha value is -1.14. The molecule has 0 aromatic rings. The number of amides is 1. The molecule has 2 saturated heterocycles. The number of likely N-dealkylation sites (N-methyl/N-ethyl adjacent to an activating group) is 1. The minimum atomic E-state index is -0.887. The summed E-state index contributed by atoms with van der Waals surface area (Å²) in [5.41, 5.74) is 0. The molecule has 0 aromatic carbocycles.